The van der Waals surface area contributed by atoms with Crippen molar-refractivity contribution in [2.75, 3.05) is 0 Å². The number of carbonyl (C=O) groups excluding carboxylic acids is 1. The van der Waals surface area contributed by atoms with Crippen molar-refractivity contribution in [3.05, 3.63) is 119 Å². The van der Waals surface area contributed by atoms with Crippen molar-refractivity contribution in [1.82, 2.24) is 4.90 Å². The first-order valence-corrected chi connectivity index (χ1v) is 12.2. The zero-order valence-electron chi connectivity index (χ0n) is 19.0. The maximum absolute atomic E-state index is 13.2. The Hall–Kier alpha value is -4.12. The fourth-order valence-corrected chi connectivity index (χ4v) is 4.39. The van der Waals surface area contributed by atoms with E-state index in [1.165, 1.54) is 29.4 Å². The standard InChI is InChI=1S/C26H19F4NO5S/c27-21-10-12-24(13-11-21)37(33,34)36-22-4-1-3-18(15-22)16-31(17-23-5-2-14-35-23)25(32)19-6-8-20(9-7-19)26(28,29)30/h1-15H,16-17H2. The molecule has 0 saturated carbocycles. The smallest absolute Gasteiger partial charge is 0.416 e. The maximum atomic E-state index is 13.2. The zero-order valence-corrected chi connectivity index (χ0v) is 19.8. The minimum absolute atomic E-state index is 0.00577. The van der Waals surface area contributed by atoms with Crippen LogP contribution in [0.2, 0.25) is 0 Å². The lowest BCUT2D eigenvalue weighted by molar-refractivity contribution is -0.137. The molecule has 0 aliphatic heterocycles. The van der Waals surface area contributed by atoms with E-state index in [2.05, 4.69) is 0 Å². The Balaban J connectivity index is 1.57. The third kappa shape index (κ3) is 6.56. The molecule has 192 valence electrons. The minimum Gasteiger partial charge on any atom is -0.467 e. The Bertz CT molecular complexity index is 1470. The zero-order chi connectivity index (χ0) is 26.6. The van der Waals surface area contributed by atoms with Gasteiger partial charge < -0.3 is 13.5 Å². The fourth-order valence-electron chi connectivity index (χ4n) is 3.47. The first kappa shape index (κ1) is 26.0. The second-order valence-corrected chi connectivity index (χ2v) is 9.50. The number of rotatable bonds is 8. The van der Waals surface area contributed by atoms with Crippen LogP contribution in [0.3, 0.4) is 0 Å². The number of alkyl halides is 3. The number of nitrogens with zero attached hydrogens (tertiary/aromatic N) is 1. The SMILES string of the molecule is O=C(c1ccc(C(F)(F)F)cc1)N(Cc1cccc(OS(=O)(=O)c2ccc(F)cc2)c1)Cc1ccco1. The van der Waals surface area contributed by atoms with E-state index >= 15 is 0 Å². The summed E-state index contributed by atoms with van der Waals surface area (Å²) in [5.74, 6) is -0.765. The van der Waals surface area contributed by atoms with Gasteiger partial charge in [-0.05, 0) is 78.4 Å². The van der Waals surface area contributed by atoms with Crippen LogP contribution in [0.15, 0.2) is 101 Å². The van der Waals surface area contributed by atoms with E-state index in [0.717, 1.165) is 48.5 Å². The van der Waals surface area contributed by atoms with E-state index in [1.807, 2.05) is 0 Å². The van der Waals surface area contributed by atoms with Gasteiger partial charge in [-0.1, -0.05) is 12.1 Å². The summed E-state index contributed by atoms with van der Waals surface area (Å²) in [5.41, 5.74) is -0.363. The summed E-state index contributed by atoms with van der Waals surface area (Å²) in [6.45, 7) is -0.0276. The molecule has 3 aromatic carbocycles. The minimum atomic E-state index is -4.54. The Morgan fingerprint density at radius 2 is 1.59 bits per heavy atom. The number of hydrogen-bond acceptors (Lipinski definition) is 5. The van der Waals surface area contributed by atoms with Crippen molar-refractivity contribution < 1.29 is 39.4 Å². The maximum Gasteiger partial charge on any atom is 0.416 e. The van der Waals surface area contributed by atoms with E-state index < -0.39 is 33.6 Å². The monoisotopic (exact) mass is 533 g/mol. The molecule has 4 aromatic rings. The van der Waals surface area contributed by atoms with Crippen molar-refractivity contribution in [3.8, 4) is 5.75 Å². The van der Waals surface area contributed by atoms with Crippen LogP contribution < -0.4 is 4.18 Å². The number of halogens is 4. The average Bonchev–Trinajstić information content (AvgIpc) is 3.36. The lowest BCUT2D eigenvalue weighted by Gasteiger charge is -2.22. The lowest BCUT2D eigenvalue weighted by Crippen LogP contribution is -2.30. The van der Waals surface area contributed by atoms with Crippen molar-refractivity contribution >= 4 is 16.0 Å². The van der Waals surface area contributed by atoms with Crippen LogP contribution in [0.25, 0.3) is 0 Å². The van der Waals surface area contributed by atoms with Crippen LogP contribution in [0, 0.1) is 5.82 Å². The Labute approximate surface area is 209 Å². The molecular formula is C26H19F4NO5S. The van der Waals surface area contributed by atoms with Crippen LogP contribution >= 0.6 is 0 Å². The molecule has 0 spiro atoms. The summed E-state index contributed by atoms with van der Waals surface area (Å²) >= 11 is 0. The average molecular weight is 533 g/mol. The highest BCUT2D eigenvalue weighted by atomic mass is 32.2. The first-order chi connectivity index (χ1) is 17.5. The molecule has 0 radical (unpaired) electrons. The predicted octanol–water partition coefficient (Wildman–Crippen LogP) is 6.05. The van der Waals surface area contributed by atoms with Crippen LogP contribution in [-0.4, -0.2) is 19.2 Å². The topological polar surface area (TPSA) is 76.8 Å². The normalized spacial score (nSPS) is 11.8. The van der Waals surface area contributed by atoms with Gasteiger partial charge in [0.25, 0.3) is 5.91 Å². The molecule has 11 heteroatoms. The first-order valence-electron chi connectivity index (χ1n) is 10.8. The van der Waals surface area contributed by atoms with E-state index in [-0.39, 0.29) is 29.3 Å². The van der Waals surface area contributed by atoms with Gasteiger partial charge in [-0.15, -0.1) is 0 Å². The number of carbonyl (C=O) groups is 1. The van der Waals surface area contributed by atoms with Crippen molar-refractivity contribution in [2.45, 2.75) is 24.2 Å². The quantitative estimate of drug-likeness (QED) is 0.204. The van der Waals surface area contributed by atoms with Crippen LogP contribution in [0.1, 0.15) is 27.2 Å². The van der Waals surface area contributed by atoms with Gasteiger partial charge >= 0.3 is 16.3 Å². The summed E-state index contributed by atoms with van der Waals surface area (Å²) in [4.78, 5) is 14.3. The van der Waals surface area contributed by atoms with Gasteiger partial charge in [0.15, 0.2) is 0 Å². The molecule has 0 fully saturated rings. The summed E-state index contributed by atoms with van der Waals surface area (Å²) in [6, 6.07) is 17.2. The molecule has 1 amide bonds. The van der Waals surface area contributed by atoms with Crippen LogP contribution in [0.5, 0.6) is 5.75 Å². The van der Waals surface area contributed by atoms with Gasteiger partial charge in [-0.3, -0.25) is 4.79 Å². The Kier molecular flexibility index (Phi) is 7.35. The molecule has 0 aliphatic carbocycles. The van der Waals surface area contributed by atoms with E-state index in [0.29, 0.717) is 11.3 Å². The van der Waals surface area contributed by atoms with Crippen LogP contribution in [0.4, 0.5) is 17.6 Å². The molecule has 37 heavy (non-hydrogen) atoms. The third-order valence-electron chi connectivity index (χ3n) is 5.25. The molecular weight excluding hydrogens is 514 g/mol. The predicted molar refractivity (Wildman–Crippen MR) is 124 cm³/mol. The highest BCUT2D eigenvalue weighted by molar-refractivity contribution is 7.87. The second-order valence-electron chi connectivity index (χ2n) is 7.95. The molecule has 0 N–H and O–H groups in total. The van der Waals surface area contributed by atoms with Gasteiger partial charge in [0, 0.05) is 12.1 Å². The van der Waals surface area contributed by atoms with Gasteiger partial charge in [0.2, 0.25) is 0 Å². The molecule has 0 unspecified atom stereocenters. The fraction of sp³-hybridized carbons (Fsp3) is 0.115. The van der Waals surface area contributed by atoms with E-state index in [1.54, 1.807) is 18.2 Å². The Morgan fingerprint density at radius 3 is 2.22 bits per heavy atom. The summed E-state index contributed by atoms with van der Waals surface area (Å²) < 4.78 is 87.5. The molecule has 1 heterocycles. The lowest BCUT2D eigenvalue weighted by atomic mass is 10.1. The molecule has 0 bridgehead atoms. The van der Waals surface area contributed by atoms with Crippen molar-refractivity contribution in [2.24, 2.45) is 0 Å². The Morgan fingerprint density at radius 1 is 0.892 bits per heavy atom. The van der Waals surface area contributed by atoms with Gasteiger partial charge in [-0.2, -0.15) is 21.6 Å². The molecule has 1 aromatic heterocycles. The number of hydrogen-bond donors (Lipinski definition) is 0. The molecule has 0 saturated heterocycles. The number of benzene rings is 3. The van der Waals surface area contributed by atoms with Crippen LogP contribution in [-0.2, 0) is 29.4 Å². The van der Waals surface area contributed by atoms with E-state index in [9.17, 15) is 30.8 Å². The highest BCUT2D eigenvalue weighted by Crippen LogP contribution is 2.29. The molecule has 4 rings (SSSR count). The third-order valence-corrected chi connectivity index (χ3v) is 6.51. The summed E-state index contributed by atoms with van der Waals surface area (Å²) in [7, 11) is -4.25. The summed E-state index contributed by atoms with van der Waals surface area (Å²) in [5, 5.41) is 0. The molecule has 0 aliphatic rings. The second kappa shape index (κ2) is 10.5. The van der Waals surface area contributed by atoms with Gasteiger partial charge in [-0.25, -0.2) is 4.39 Å². The van der Waals surface area contributed by atoms with Gasteiger partial charge in [0.05, 0.1) is 18.4 Å². The largest absolute Gasteiger partial charge is 0.467 e. The number of furan rings is 1. The highest BCUT2D eigenvalue weighted by Gasteiger charge is 2.30. The molecule has 0 atom stereocenters. The van der Waals surface area contributed by atoms with Crippen molar-refractivity contribution in [3.63, 3.8) is 0 Å². The van der Waals surface area contributed by atoms with Gasteiger partial charge in [0.1, 0.15) is 22.2 Å². The number of amides is 1. The van der Waals surface area contributed by atoms with E-state index in [4.69, 9.17) is 8.60 Å². The van der Waals surface area contributed by atoms with Crippen molar-refractivity contribution in [1.29, 1.82) is 0 Å². The summed E-state index contributed by atoms with van der Waals surface area (Å²) in [6.07, 6.45) is -3.12. The molecule has 6 nitrogen and oxygen atoms in total.